The quantitative estimate of drug-likeness (QED) is 0.689. The molecule has 0 aliphatic carbocycles. The molecule has 158 valence electrons. The average Bonchev–Trinajstić information content (AvgIpc) is 2.70. The van der Waals surface area contributed by atoms with E-state index in [0.717, 1.165) is 31.9 Å². The third kappa shape index (κ3) is 3.89. The number of benzene rings is 1. The number of aromatic amines is 1. The number of H-pyrrole nitrogens is 1. The van der Waals surface area contributed by atoms with Gasteiger partial charge in [0.2, 0.25) is 17.8 Å². The van der Waals surface area contributed by atoms with E-state index in [1.807, 2.05) is 4.90 Å². The number of aromatic nitrogens is 2. The summed E-state index contributed by atoms with van der Waals surface area (Å²) in [6, 6.07) is 3.95. The van der Waals surface area contributed by atoms with E-state index in [0.29, 0.717) is 5.95 Å². The zero-order valence-corrected chi connectivity index (χ0v) is 17.1. The monoisotopic (exact) mass is 433 g/mol. The largest absolute Gasteiger partial charge is 0.340 e. The van der Waals surface area contributed by atoms with Crippen LogP contribution in [0.2, 0.25) is 5.02 Å². The summed E-state index contributed by atoms with van der Waals surface area (Å²) in [7, 11) is 0. The Kier molecular flexibility index (Phi) is 5.46. The predicted octanol–water partition coefficient (Wildman–Crippen LogP) is 3.01. The SMILES string of the molecule is C[C@H]1CCCCN1c1nc2c(c(=O)[nH]1)[C@@H](C(=O)Nc1ccc(F)c(Cl)c1)CC(=O)N2. The molecule has 0 unspecified atom stereocenters. The van der Waals surface area contributed by atoms with Gasteiger partial charge in [0, 0.05) is 24.7 Å². The van der Waals surface area contributed by atoms with E-state index in [1.165, 1.54) is 12.1 Å². The van der Waals surface area contributed by atoms with Crippen LogP contribution in [0.5, 0.6) is 0 Å². The van der Waals surface area contributed by atoms with E-state index in [-0.39, 0.29) is 34.6 Å². The Morgan fingerprint density at radius 1 is 1.33 bits per heavy atom. The molecular weight excluding hydrogens is 413 g/mol. The summed E-state index contributed by atoms with van der Waals surface area (Å²) < 4.78 is 13.4. The van der Waals surface area contributed by atoms with Crippen molar-refractivity contribution < 1.29 is 14.0 Å². The molecule has 1 fully saturated rings. The third-order valence-electron chi connectivity index (χ3n) is 5.52. The molecule has 1 saturated heterocycles. The molecule has 4 rings (SSSR count). The van der Waals surface area contributed by atoms with Crippen molar-refractivity contribution in [3.05, 3.63) is 45.0 Å². The maximum Gasteiger partial charge on any atom is 0.258 e. The number of hydrogen-bond acceptors (Lipinski definition) is 5. The summed E-state index contributed by atoms with van der Waals surface area (Å²) in [4.78, 5) is 47.2. The lowest BCUT2D eigenvalue weighted by molar-refractivity contribution is -0.123. The first-order valence-corrected chi connectivity index (χ1v) is 10.2. The van der Waals surface area contributed by atoms with E-state index in [9.17, 15) is 18.8 Å². The highest BCUT2D eigenvalue weighted by Crippen LogP contribution is 2.31. The Morgan fingerprint density at radius 3 is 2.87 bits per heavy atom. The van der Waals surface area contributed by atoms with Gasteiger partial charge in [0.05, 0.1) is 16.5 Å². The van der Waals surface area contributed by atoms with Crippen LogP contribution in [0.4, 0.5) is 21.8 Å². The molecular formula is C20H21ClFN5O3. The molecule has 1 aromatic heterocycles. The Hall–Kier alpha value is -2.94. The standard InChI is InChI=1S/C20H21ClFN5O3/c1-10-4-2-3-7-27(10)20-25-17-16(19(30)26-20)12(9-15(28)24-17)18(29)23-11-5-6-14(22)13(21)8-11/h5-6,8,10,12H,2-4,7,9H2,1H3,(H,23,29)(H2,24,25,26,28,30)/t10-,12-/m0/s1. The van der Waals surface area contributed by atoms with Crippen molar-refractivity contribution in [3.8, 4) is 0 Å². The molecule has 3 N–H and O–H groups in total. The highest BCUT2D eigenvalue weighted by atomic mass is 35.5. The van der Waals surface area contributed by atoms with Gasteiger partial charge >= 0.3 is 0 Å². The van der Waals surface area contributed by atoms with Gasteiger partial charge in [-0.05, 0) is 44.4 Å². The molecule has 8 nitrogen and oxygen atoms in total. The van der Waals surface area contributed by atoms with E-state index in [2.05, 4.69) is 27.5 Å². The summed E-state index contributed by atoms with van der Waals surface area (Å²) in [5, 5.41) is 5.06. The molecule has 1 aromatic carbocycles. The van der Waals surface area contributed by atoms with Crippen LogP contribution in [0.15, 0.2) is 23.0 Å². The van der Waals surface area contributed by atoms with Gasteiger partial charge in [-0.2, -0.15) is 4.98 Å². The first-order chi connectivity index (χ1) is 14.3. The molecule has 0 saturated carbocycles. The number of carbonyl (C=O) groups excluding carboxylic acids is 2. The van der Waals surface area contributed by atoms with Crippen molar-refractivity contribution in [1.29, 1.82) is 0 Å². The van der Waals surface area contributed by atoms with Crippen LogP contribution in [-0.2, 0) is 9.59 Å². The van der Waals surface area contributed by atoms with Crippen LogP contribution in [0.25, 0.3) is 0 Å². The minimum atomic E-state index is -1.03. The summed E-state index contributed by atoms with van der Waals surface area (Å²) in [6.07, 6.45) is 2.89. The number of fused-ring (bicyclic) bond motifs is 1. The maximum absolute atomic E-state index is 13.4. The zero-order valence-electron chi connectivity index (χ0n) is 16.3. The van der Waals surface area contributed by atoms with Crippen molar-refractivity contribution in [1.82, 2.24) is 9.97 Å². The van der Waals surface area contributed by atoms with Gasteiger partial charge in [0.1, 0.15) is 11.6 Å². The minimum Gasteiger partial charge on any atom is -0.340 e. The van der Waals surface area contributed by atoms with E-state index in [1.54, 1.807) is 0 Å². The number of hydrogen-bond donors (Lipinski definition) is 3. The lowest BCUT2D eigenvalue weighted by Crippen LogP contribution is -2.42. The second kappa shape index (κ2) is 8.06. The first kappa shape index (κ1) is 20.3. The summed E-state index contributed by atoms with van der Waals surface area (Å²) in [6.45, 7) is 2.81. The van der Waals surface area contributed by atoms with Crippen LogP contribution in [0, 0.1) is 5.82 Å². The number of halogens is 2. The Morgan fingerprint density at radius 2 is 2.13 bits per heavy atom. The van der Waals surface area contributed by atoms with Crippen molar-refractivity contribution >= 4 is 40.9 Å². The first-order valence-electron chi connectivity index (χ1n) is 9.80. The highest BCUT2D eigenvalue weighted by molar-refractivity contribution is 6.31. The van der Waals surface area contributed by atoms with E-state index >= 15 is 0 Å². The molecule has 2 aromatic rings. The Balaban J connectivity index is 1.65. The number of nitrogens with one attached hydrogen (secondary N) is 3. The van der Waals surface area contributed by atoms with E-state index in [4.69, 9.17) is 11.6 Å². The number of nitrogens with zero attached hydrogens (tertiary/aromatic N) is 2. The molecule has 30 heavy (non-hydrogen) atoms. The number of amides is 2. The topological polar surface area (TPSA) is 107 Å². The maximum atomic E-state index is 13.4. The fraction of sp³-hybridized carbons (Fsp3) is 0.400. The smallest absolute Gasteiger partial charge is 0.258 e. The van der Waals surface area contributed by atoms with Gasteiger partial charge in [-0.15, -0.1) is 0 Å². The second-order valence-corrected chi connectivity index (χ2v) is 8.02. The highest BCUT2D eigenvalue weighted by Gasteiger charge is 2.35. The lowest BCUT2D eigenvalue weighted by atomic mass is 9.92. The van der Waals surface area contributed by atoms with Gasteiger partial charge in [0.25, 0.3) is 5.56 Å². The van der Waals surface area contributed by atoms with Gasteiger partial charge in [-0.1, -0.05) is 11.6 Å². The second-order valence-electron chi connectivity index (χ2n) is 7.61. The van der Waals surface area contributed by atoms with Crippen LogP contribution in [0.3, 0.4) is 0 Å². The third-order valence-corrected chi connectivity index (χ3v) is 5.81. The number of carbonyl (C=O) groups is 2. The molecule has 0 spiro atoms. The summed E-state index contributed by atoms with van der Waals surface area (Å²) in [5.74, 6) is -2.13. The van der Waals surface area contributed by atoms with Crippen LogP contribution < -0.4 is 21.1 Å². The number of piperidine rings is 1. The van der Waals surface area contributed by atoms with Crippen molar-refractivity contribution in [2.24, 2.45) is 0 Å². The molecule has 3 heterocycles. The van der Waals surface area contributed by atoms with Crippen LogP contribution in [-0.4, -0.2) is 34.4 Å². The average molecular weight is 434 g/mol. The molecule has 2 aliphatic rings. The molecule has 0 radical (unpaired) electrons. The van der Waals surface area contributed by atoms with Gasteiger partial charge in [0.15, 0.2) is 0 Å². The molecule has 0 bridgehead atoms. The Labute approximate surface area is 176 Å². The fourth-order valence-electron chi connectivity index (χ4n) is 3.94. The molecule has 2 aliphatic heterocycles. The van der Waals surface area contributed by atoms with Crippen LogP contribution in [0.1, 0.15) is 44.1 Å². The lowest BCUT2D eigenvalue weighted by Gasteiger charge is -2.34. The van der Waals surface area contributed by atoms with Gasteiger partial charge in [-0.25, -0.2) is 4.39 Å². The summed E-state index contributed by atoms with van der Waals surface area (Å²) >= 11 is 5.76. The van der Waals surface area contributed by atoms with Crippen LogP contribution >= 0.6 is 11.6 Å². The normalized spacial score (nSPS) is 21.0. The number of anilines is 3. The van der Waals surface area contributed by atoms with Gasteiger partial charge in [-0.3, -0.25) is 19.4 Å². The minimum absolute atomic E-state index is 0.0973. The Bertz CT molecular complexity index is 1070. The summed E-state index contributed by atoms with van der Waals surface area (Å²) in [5.41, 5.74) is -0.0964. The predicted molar refractivity (Wildman–Crippen MR) is 112 cm³/mol. The van der Waals surface area contributed by atoms with Crippen molar-refractivity contribution in [3.63, 3.8) is 0 Å². The molecule has 2 amide bonds. The zero-order chi connectivity index (χ0) is 21.4. The molecule has 10 heteroatoms. The van der Waals surface area contributed by atoms with Crippen molar-refractivity contribution in [2.75, 3.05) is 22.1 Å². The van der Waals surface area contributed by atoms with Crippen molar-refractivity contribution in [2.45, 2.75) is 44.6 Å². The van der Waals surface area contributed by atoms with Gasteiger partial charge < -0.3 is 15.5 Å². The molecule has 2 atom stereocenters. The fourth-order valence-corrected chi connectivity index (χ4v) is 4.12. The number of rotatable bonds is 3. The van der Waals surface area contributed by atoms with E-state index < -0.39 is 29.1 Å².